The van der Waals surface area contributed by atoms with Crippen molar-refractivity contribution in [1.29, 1.82) is 0 Å². The van der Waals surface area contributed by atoms with Crippen LogP contribution in [0.2, 0.25) is 5.02 Å². The van der Waals surface area contributed by atoms with Gasteiger partial charge in [-0.05, 0) is 36.1 Å². The maximum atomic E-state index is 12.2. The molecule has 158 valence electrons. The molecule has 0 atom stereocenters. The van der Waals surface area contributed by atoms with Gasteiger partial charge >= 0.3 is 0 Å². The van der Waals surface area contributed by atoms with Crippen LogP contribution in [0.5, 0.6) is 5.75 Å². The Morgan fingerprint density at radius 1 is 1.10 bits per heavy atom. The molecular formula is C21H28ClN3O3S. The fraction of sp³-hybridized carbons (Fsp3) is 0.381. The molecule has 29 heavy (non-hydrogen) atoms. The summed E-state index contributed by atoms with van der Waals surface area (Å²) >= 11 is 6.25. The number of guanidine groups is 1. The van der Waals surface area contributed by atoms with Gasteiger partial charge in [0.25, 0.3) is 0 Å². The van der Waals surface area contributed by atoms with E-state index in [4.69, 9.17) is 16.3 Å². The van der Waals surface area contributed by atoms with Crippen molar-refractivity contribution in [3.8, 4) is 5.75 Å². The summed E-state index contributed by atoms with van der Waals surface area (Å²) in [7, 11) is 0.161. The molecule has 0 aliphatic carbocycles. The zero-order chi connectivity index (χ0) is 21.1. The molecule has 0 radical (unpaired) electrons. The van der Waals surface area contributed by atoms with E-state index in [1.807, 2.05) is 42.5 Å². The molecule has 6 nitrogen and oxygen atoms in total. The summed E-state index contributed by atoms with van der Waals surface area (Å²) in [4.78, 5) is 4.16. The number of nitrogens with one attached hydrogen (secondary N) is 2. The first-order valence-electron chi connectivity index (χ1n) is 9.45. The summed E-state index contributed by atoms with van der Waals surface area (Å²) in [6, 6.07) is 14.8. The first-order valence-corrected chi connectivity index (χ1v) is 11.6. The highest BCUT2D eigenvalue weighted by Crippen LogP contribution is 2.22. The molecular weight excluding hydrogens is 410 g/mol. The lowest BCUT2D eigenvalue weighted by Gasteiger charge is -2.13. The summed E-state index contributed by atoms with van der Waals surface area (Å²) in [6.07, 6.45) is 1.25. The Labute approximate surface area is 178 Å². The standard InChI is InChI=1S/C21H28ClN3O3S/c1-23-21(25-13-11-18-9-10-19(28-2)15-20(18)22)24-12-6-14-29(26,27)16-17-7-4-3-5-8-17/h3-5,7-10,15H,6,11-14,16H2,1-2H3,(H2,23,24,25). The minimum absolute atomic E-state index is 0.0729. The van der Waals surface area contributed by atoms with Crippen molar-refractivity contribution in [1.82, 2.24) is 10.6 Å². The van der Waals surface area contributed by atoms with Crippen LogP contribution in [0.3, 0.4) is 0 Å². The summed E-state index contributed by atoms with van der Waals surface area (Å²) in [5, 5.41) is 7.02. The largest absolute Gasteiger partial charge is 0.497 e. The highest BCUT2D eigenvalue weighted by atomic mass is 35.5. The second-order valence-corrected chi connectivity index (χ2v) is 9.16. The van der Waals surface area contributed by atoms with Gasteiger partial charge < -0.3 is 15.4 Å². The van der Waals surface area contributed by atoms with Crippen LogP contribution >= 0.6 is 11.6 Å². The molecule has 2 rings (SSSR count). The second-order valence-electron chi connectivity index (χ2n) is 6.56. The third kappa shape index (κ3) is 8.33. The van der Waals surface area contributed by atoms with Crippen molar-refractivity contribution >= 4 is 27.4 Å². The van der Waals surface area contributed by atoms with Crippen LogP contribution in [-0.2, 0) is 22.0 Å². The van der Waals surface area contributed by atoms with Gasteiger partial charge in [0.05, 0.1) is 18.6 Å². The third-order valence-corrected chi connectivity index (χ3v) is 6.36. The fourth-order valence-corrected chi connectivity index (χ4v) is 4.49. The molecule has 2 aromatic carbocycles. The molecule has 0 spiro atoms. The van der Waals surface area contributed by atoms with E-state index < -0.39 is 9.84 Å². The molecule has 0 aromatic heterocycles. The van der Waals surface area contributed by atoms with E-state index in [9.17, 15) is 8.42 Å². The quantitative estimate of drug-likeness (QED) is 0.339. The lowest BCUT2D eigenvalue weighted by Crippen LogP contribution is -2.39. The van der Waals surface area contributed by atoms with Gasteiger partial charge in [-0.15, -0.1) is 0 Å². The molecule has 0 heterocycles. The number of hydrogen-bond donors (Lipinski definition) is 2. The number of rotatable bonds is 10. The zero-order valence-corrected chi connectivity index (χ0v) is 18.4. The van der Waals surface area contributed by atoms with Crippen molar-refractivity contribution in [3.63, 3.8) is 0 Å². The van der Waals surface area contributed by atoms with Crippen LogP contribution in [0.1, 0.15) is 17.5 Å². The smallest absolute Gasteiger partial charge is 0.190 e. The lowest BCUT2D eigenvalue weighted by atomic mass is 10.1. The van der Waals surface area contributed by atoms with Crippen molar-refractivity contribution in [2.75, 3.05) is 33.0 Å². The van der Waals surface area contributed by atoms with E-state index in [0.29, 0.717) is 30.5 Å². The van der Waals surface area contributed by atoms with Gasteiger partial charge in [-0.2, -0.15) is 0 Å². The highest BCUT2D eigenvalue weighted by Gasteiger charge is 2.11. The van der Waals surface area contributed by atoms with Crippen LogP contribution in [0, 0.1) is 0 Å². The Bertz CT molecular complexity index is 903. The maximum absolute atomic E-state index is 12.2. The number of benzene rings is 2. The van der Waals surface area contributed by atoms with Crippen LogP contribution < -0.4 is 15.4 Å². The van der Waals surface area contributed by atoms with Gasteiger partial charge in [-0.25, -0.2) is 8.42 Å². The molecule has 0 aliphatic rings. The third-order valence-electron chi connectivity index (χ3n) is 4.32. The van der Waals surface area contributed by atoms with Crippen molar-refractivity contribution in [3.05, 3.63) is 64.7 Å². The van der Waals surface area contributed by atoms with E-state index >= 15 is 0 Å². The van der Waals surface area contributed by atoms with Gasteiger partial charge in [-0.3, -0.25) is 4.99 Å². The van der Waals surface area contributed by atoms with Crippen molar-refractivity contribution in [2.24, 2.45) is 4.99 Å². The van der Waals surface area contributed by atoms with E-state index in [0.717, 1.165) is 23.3 Å². The molecule has 2 N–H and O–H groups in total. The van der Waals surface area contributed by atoms with E-state index in [-0.39, 0.29) is 11.5 Å². The van der Waals surface area contributed by atoms with Crippen LogP contribution in [0.15, 0.2) is 53.5 Å². The molecule has 0 unspecified atom stereocenters. The first kappa shape index (κ1) is 23.0. The van der Waals surface area contributed by atoms with Crippen molar-refractivity contribution in [2.45, 2.75) is 18.6 Å². The average Bonchev–Trinajstić information content (AvgIpc) is 2.71. The number of ether oxygens (including phenoxy) is 1. The Hall–Kier alpha value is -2.25. The maximum Gasteiger partial charge on any atom is 0.190 e. The molecule has 0 bridgehead atoms. The Morgan fingerprint density at radius 2 is 1.83 bits per heavy atom. The predicted molar refractivity (Wildman–Crippen MR) is 120 cm³/mol. The first-order chi connectivity index (χ1) is 13.9. The topological polar surface area (TPSA) is 79.8 Å². The number of hydrogen-bond acceptors (Lipinski definition) is 4. The van der Waals surface area contributed by atoms with Crippen LogP contribution in [0.25, 0.3) is 0 Å². The molecule has 8 heteroatoms. The SMILES string of the molecule is CN=C(NCCCS(=O)(=O)Cc1ccccc1)NCCc1ccc(OC)cc1Cl. The van der Waals surface area contributed by atoms with E-state index in [1.165, 1.54) is 0 Å². The van der Waals surface area contributed by atoms with Crippen molar-refractivity contribution < 1.29 is 13.2 Å². The average molecular weight is 438 g/mol. The number of halogens is 1. The fourth-order valence-electron chi connectivity index (χ4n) is 2.79. The second kappa shape index (κ2) is 11.7. The molecule has 2 aromatic rings. The molecule has 0 saturated heterocycles. The zero-order valence-electron chi connectivity index (χ0n) is 16.8. The monoisotopic (exact) mass is 437 g/mol. The molecule has 0 fully saturated rings. The molecule has 0 amide bonds. The Balaban J connectivity index is 1.70. The lowest BCUT2D eigenvalue weighted by molar-refractivity contribution is 0.414. The summed E-state index contributed by atoms with van der Waals surface area (Å²) in [5.41, 5.74) is 1.83. The number of sulfone groups is 1. The van der Waals surface area contributed by atoms with E-state index in [2.05, 4.69) is 15.6 Å². The minimum atomic E-state index is -3.13. The van der Waals surface area contributed by atoms with Gasteiger partial charge in [0.2, 0.25) is 0 Å². The number of nitrogens with zero attached hydrogens (tertiary/aromatic N) is 1. The summed E-state index contributed by atoms with van der Waals surface area (Å²) < 4.78 is 29.6. The number of aliphatic imine (C=N–C) groups is 1. The van der Waals surface area contributed by atoms with Gasteiger partial charge in [0.1, 0.15) is 5.75 Å². The predicted octanol–water partition coefficient (Wildman–Crippen LogP) is 3.06. The molecule has 0 aliphatic heterocycles. The van der Waals surface area contributed by atoms with Crippen LogP contribution in [0.4, 0.5) is 0 Å². The Morgan fingerprint density at radius 3 is 2.48 bits per heavy atom. The van der Waals surface area contributed by atoms with Gasteiger partial charge in [0.15, 0.2) is 15.8 Å². The number of methoxy groups -OCH3 is 1. The minimum Gasteiger partial charge on any atom is -0.497 e. The van der Waals surface area contributed by atoms with Gasteiger partial charge in [0, 0.05) is 25.2 Å². The normalized spacial score (nSPS) is 11.9. The highest BCUT2D eigenvalue weighted by molar-refractivity contribution is 7.90. The van der Waals surface area contributed by atoms with E-state index in [1.54, 1.807) is 20.2 Å². The summed E-state index contributed by atoms with van der Waals surface area (Å²) in [5.74, 6) is 1.57. The summed E-state index contributed by atoms with van der Waals surface area (Å²) in [6.45, 7) is 1.18. The van der Waals surface area contributed by atoms with Crippen LogP contribution in [-0.4, -0.2) is 47.4 Å². The van der Waals surface area contributed by atoms with Gasteiger partial charge in [-0.1, -0.05) is 48.0 Å². The Kier molecular flexibility index (Phi) is 9.28. The molecule has 0 saturated carbocycles.